The van der Waals surface area contributed by atoms with E-state index in [0.29, 0.717) is 22.3 Å². The Balaban J connectivity index is 2.06. The molecule has 0 saturated carbocycles. The van der Waals surface area contributed by atoms with Crippen molar-refractivity contribution in [2.45, 2.75) is 13.8 Å². The Hall–Kier alpha value is -2.59. The Morgan fingerprint density at radius 1 is 1.04 bits per heavy atom. The molecule has 0 saturated heterocycles. The van der Waals surface area contributed by atoms with Gasteiger partial charge in [0.05, 0.1) is 5.56 Å². The third-order valence-electron chi connectivity index (χ3n) is 4.27. The maximum Gasteiger partial charge on any atom is 0.344 e. The molecule has 0 aliphatic heterocycles. The van der Waals surface area contributed by atoms with Crippen LogP contribution in [0, 0.1) is 0 Å². The van der Waals surface area contributed by atoms with Crippen LogP contribution in [-0.2, 0) is 0 Å². The zero-order valence-electron chi connectivity index (χ0n) is 14.1. The van der Waals surface area contributed by atoms with Gasteiger partial charge in [-0.25, -0.2) is 4.79 Å². The minimum Gasteiger partial charge on any atom is -0.422 e. The second-order valence-corrected chi connectivity index (χ2v) is 6.04. The zero-order chi connectivity index (χ0) is 18.0. The average Bonchev–Trinajstić information content (AvgIpc) is 2.62. The first-order chi connectivity index (χ1) is 12.0. The number of carbonyl (C=O) groups excluding carboxylic acids is 1. The van der Waals surface area contributed by atoms with E-state index in [0.717, 1.165) is 24.2 Å². The number of rotatable bonds is 5. The maximum atomic E-state index is 12.4. The molecule has 0 aliphatic carbocycles. The van der Waals surface area contributed by atoms with E-state index in [1.807, 2.05) is 24.3 Å². The maximum absolute atomic E-state index is 12.4. The Morgan fingerprint density at radius 2 is 1.72 bits per heavy atom. The Morgan fingerprint density at radius 3 is 2.32 bits per heavy atom. The summed E-state index contributed by atoms with van der Waals surface area (Å²) in [5.74, 6) is 0. The molecule has 128 valence electrons. The summed E-state index contributed by atoms with van der Waals surface area (Å²) in [6, 6.07) is 14.2. The van der Waals surface area contributed by atoms with Gasteiger partial charge in [-0.05, 0) is 61.3 Å². The molecule has 0 spiro atoms. The third kappa shape index (κ3) is 3.44. The first kappa shape index (κ1) is 17.2. The largest absolute Gasteiger partial charge is 0.422 e. The van der Waals surface area contributed by atoms with Crippen molar-refractivity contribution in [3.05, 3.63) is 64.5 Å². The first-order valence-corrected chi connectivity index (χ1v) is 8.54. The fourth-order valence-corrected chi connectivity index (χ4v) is 2.99. The van der Waals surface area contributed by atoms with Crippen molar-refractivity contribution in [3.63, 3.8) is 0 Å². The van der Waals surface area contributed by atoms with Crippen LogP contribution in [0.15, 0.2) is 57.7 Å². The second kappa shape index (κ2) is 7.11. The van der Waals surface area contributed by atoms with E-state index < -0.39 is 10.9 Å². The van der Waals surface area contributed by atoms with Crippen LogP contribution in [-0.4, -0.2) is 18.3 Å². The van der Waals surface area contributed by atoms with E-state index in [9.17, 15) is 9.59 Å². The first-order valence-electron chi connectivity index (χ1n) is 8.16. The minimum atomic E-state index is -0.527. The molecule has 5 heteroatoms. The average molecular weight is 356 g/mol. The Labute approximate surface area is 150 Å². The summed E-state index contributed by atoms with van der Waals surface area (Å²) in [5.41, 5.74) is 2.71. The van der Waals surface area contributed by atoms with E-state index in [1.54, 1.807) is 24.3 Å². The number of hydrogen-bond donors (Lipinski definition) is 0. The van der Waals surface area contributed by atoms with Crippen molar-refractivity contribution in [1.29, 1.82) is 0 Å². The molecular formula is C20H18ClNO3. The van der Waals surface area contributed by atoms with Crippen LogP contribution in [0.5, 0.6) is 0 Å². The quantitative estimate of drug-likeness (QED) is 0.492. The lowest BCUT2D eigenvalue weighted by atomic mass is 10.0. The predicted molar refractivity (Wildman–Crippen MR) is 102 cm³/mol. The van der Waals surface area contributed by atoms with Gasteiger partial charge in [0, 0.05) is 35.8 Å². The van der Waals surface area contributed by atoms with Gasteiger partial charge in [-0.3, -0.25) is 4.79 Å². The highest BCUT2D eigenvalue weighted by Gasteiger charge is 2.11. The lowest BCUT2D eigenvalue weighted by Crippen LogP contribution is -2.21. The number of halogens is 1. The molecule has 0 amide bonds. The Bertz CT molecular complexity index is 972. The summed E-state index contributed by atoms with van der Waals surface area (Å²) in [5, 5.41) is 0.323. The molecular weight excluding hydrogens is 338 g/mol. The molecule has 1 aromatic heterocycles. The summed E-state index contributed by atoms with van der Waals surface area (Å²) < 4.78 is 5.53. The van der Waals surface area contributed by atoms with E-state index >= 15 is 0 Å². The van der Waals surface area contributed by atoms with Crippen molar-refractivity contribution in [2.75, 3.05) is 18.0 Å². The number of fused-ring (bicyclic) bond motifs is 1. The lowest BCUT2D eigenvalue weighted by molar-refractivity contribution is 0.108. The van der Waals surface area contributed by atoms with Crippen molar-refractivity contribution in [2.24, 2.45) is 0 Å². The van der Waals surface area contributed by atoms with E-state index in [4.69, 9.17) is 16.0 Å². The Kier molecular flexibility index (Phi) is 4.91. The van der Waals surface area contributed by atoms with Crippen molar-refractivity contribution in [3.8, 4) is 11.1 Å². The molecule has 0 unspecified atom stereocenters. The number of nitrogens with zero attached hydrogens (tertiary/aromatic N) is 1. The lowest BCUT2D eigenvalue weighted by Gasteiger charge is -2.21. The van der Waals surface area contributed by atoms with Crippen LogP contribution >= 0.6 is 11.6 Å². The van der Waals surface area contributed by atoms with E-state index in [-0.39, 0.29) is 0 Å². The van der Waals surface area contributed by atoms with Crippen LogP contribution in [0.1, 0.15) is 24.2 Å². The molecule has 3 aromatic rings. The van der Waals surface area contributed by atoms with Gasteiger partial charge in [-0.2, -0.15) is 0 Å². The van der Waals surface area contributed by atoms with Crippen molar-refractivity contribution in [1.82, 2.24) is 0 Å². The monoisotopic (exact) mass is 355 g/mol. The SMILES string of the molecule is CCN(CC)c1ccc2cc(-c3ccc(C(=O)Cl)cc3)c(=O)oc2c1. The third-order valence-corrected chi connectivity index (χ3v) is 4.49. The van der Waals surface area contributed by atoms with Crippen molar-refractivity contribution < 1.29 is 9.21 Å². The highest BCUT2D eigenvalue weighted by Crippen LogP contribution is 2.25. The topological polar surface area (TPSA) is 50.5 Å². The van der Waals surface area contributed by atoms with Gasteiger partial charge in [-0.15, -0.1) is 0 Å². The second-order valence-electron chi connectivity index (χ2n) is 5.69. The standard InChI is InChI=1S/C20H18ClNO3/c1-3-22(4-2)16-10-9-15-11-17(20(24)25-18(15)12-16)13-5-7-14(8-6-13)19(21)23/h5-12H,3-4H2,1-2H3. The molecule has 25 heavy (non-hydrogen) atoms. The number of hydrogen-bond acceptors (Lipinski definition) is 4. The summed E-state index contributed by atoms with van der Waals surface area (Å²) in [6.07, 6.45) is 0. The van der Waals surface area contributed by atoms with E-state index in [2.05, 4.69) is 18.7 Å². The summed E-state index contributed by atoms with van der Waals surface area (Å²) >= 11 is 5.45. The van der Waals surface area contributed by atoms with Gasteiger partial charge in [0.15, 0.2) is 0 Å². The number of anilines is 1. The number of benzene rings is 2. The summed E-state index contributed by atoms with van der Waals surface area (Å²) in [6.45, 7) is 5.94. The molecule has 0 fully saturated rings. The van der Waals surface area contributed by atoms with Crippen LogP contribution < -0.4 is 10.5 Å². The molecule has 0 N–H and O–H groups in total. The van der Waals surface area contributed by atoms with Gasteiger partial charge in [0.25, 0.3) is 5.24 Å². The fraction of sp³-hybridized carbons (Fsp3) is 0.200. The van der Waals surface area contributed by atoms with Crippen LogP contribution in [0.3, 0.4) is 0 Å². The molecule has 0 atom stereocenters. The van der Waals surface area contributed by atoms with Gasteiger partial charge in [-0.1, -0.05) is 12.1 Å². The van der Waals surface area contributed by atoms with Gasteiger partial charge < -0.3 is 9.32 Å². The smallest absolute Gasteiger partial charge is 0.344 e. The minimum absolute atomic E-state index is 0.388. The van der Waals surface area contributed by atoms with Crippen LogP contribution in [0.25, 0.3) is 22.1 Å². The highest BCUT2D eigenvalue weighted by atomic mass is 35.5. The van der Waals surface area contributed by atoms with Crippen LogP contribution in [0.2, 0.25) is 0 Å². The molecule has 0 radical (unpaired) electrons. The van der Waals surface area contributed by atoms with Crippen LogP contribution in [0.4, 0.5) is 5.69 Å². The molecule has 0 bridgehead atoms. The van der Waals surface area contributed by atoms with Gasteiger partial charge in [0.1, 0.15) is 5.58 Å². The summed E-state index contributed by atoms with van der Waals surface area (Å²) in [4.78, 5) is 25.7. The molecule has 2 aromatic carbocycles. The molecule has 4 nitrogen and oxygen atoms in total. The highest BCUT2D eigenvalue weighted by molar-refractivity contribution is 6.67. The van der Waals surface area contributed by atoms with E-state index in [1.165, 1.54) is 0 Å². The van der Waals surface area contributed by atoms with Gasteiger partial charge in [0.2, 0.25) is 0 Å². The molecule has 0 aliphatic rings. The molecule has 3 rings (SSSR count). The zero-order valence-corrected chi connectivity index (χ0v) is 14.8. The molecule has 1 heterocycles. The summed E-state index contributed by atoms with van der Waals surface area (Å²) in [7, 11) is 0. The number of carbonyl (C=O) groups is 1. The fourth-order valence-electron chi connectivity index (χ4n) is 2.87. The predicted octanol–water partition coefficient (Wildman–Crippen LogP) is 4.69. The van der Waals surface area contributed by atoms with Gasteiger partial charge >= 0.3 is 5.63 Å². The normalized spacial score (nSPS) is 10.8. The van der Waals surface area contributed by atoms with Crippen molar-refractivity contribution >= 4 is 33.5 Å².